The molecule has 4 nitrogen and oxygen atoms in total. The number of nitrogens with zero attached hydrogens (tertiary/aromatic N) is 2. The Morgan fingerprint density at radius 2 is 2.15 bits per heavy atom. The Labute approximate surface area is 124 Å². The highest BCUT2D eigenvalue weighted by Crippen LogP contribution is 2.17. The third kappa shape index (κ3) is 5.00. The van der Waals surface area contributed by atoms with Crippen LogP contribution in [0.5, 0.6) is 0 Å². The van der Waals surface area contributed by atoms with Gasteiger partial charge in [0, 0.05) is 43.2 Å². The van der Waals surface area contributed by atoms with Crippen molar-refractivity contribution in [1.29, 1.82) is 0 Å². The summed E-state index contributed by atoms with van der Waals surface area (Å²) in [6, 6.07) is 10.5. The standard InChI is InChI=1S/C15H21N3OS/c1-19-11-8-16-13-15-17-7-9-18(15)10-12-20-14-5-3-2-4-6-14/h2-7,9,16H,8,10-13H2,1H3. The zero-order valence-electron chi connectivity index (χ0n) is 11.8. The molecule has 1 heterocycles. The summed E-state index contributed by atoms with van der Waals surface area (Å²) >= 11 is 1.87. The molecule has 5 heteroatoms. The van der Waals surface area contributed by atoms with Crippen LogP contribution < -0.4 is 5.32 Å². The van der Waals surface area contributed by atoms with Crippen LogP contribution in [0, 0.1) is 0 Å². The number of rotatable bonds is 9. The fourth-order valence-electron chi connectivity index (χ4n) is 1.86. The van der Waals surface area contributed by atoms with Crippen molar-refractivity contribution < 1.29 is 4.74 Å². The maximum atomic E-state index is 5.01. The maximum Gasteiger partial charge on any atom is 0.122 e. The first-order valence-electron chi connectivity index (χ1n) is 6.77. The molecule has 2 rings (SSSR count). The van der Waals surface area contributed by atoms with E-state index < -0.39 is 0 Å². The molecular weight excluding hydrogens is 270 g/mol. The Hall–Kier alpha value is -1.30. The van der Waals surface area contributed by atoms with Crippen molar-refractivity contribution in [3.63, 3.8) is 0 Å². The molecule has 0 aliphatic rings. The summed E-state index contributed by atoms with van der Waals surface area (Å²) in [5.41, 5.74) is 0. The SMILES string of the molecule is COCCNCc1nccn1CCSc1ccccc1. The zero-order valence-corrected chi connectivity index (χ0v) is 12.6. The van der Waals surface area contributed by atoms with Crippen molar-refractivity contribution in [2.45, 2.75) is 18.0 Å². The Bertz CT molecular complexity index is 487. The molecule has 0 radical (unpaired) electrons. The van der Waals surface area contributed by atoms with E-state index in [2.05, 4.69) is 39.1 Å². The van der Waals surface area contributed by atoms with Gasteiger partial charge in [0.25, 0.3) is 0 Å². The molecule has 0 atom stereocenters. The van der Waals surface area contributed by atoms with E-state index in [1.54, 1.807) is 7.11 Å². The van der Waals surface area contributed by atoms with Gasteiger partial charge < -0.3 is 14.6 Å². The van der Waals surface area contributed by atoms with E-state index in [-0.39, 0.29) is 0 Å². The summed E-state index contributed by atoms with van der Waals surface area (Å²) in [5.74, 6) is 2.13. The molecule has 0 spiro atoms. The molecule has 0 unspecified atom stereocenters. The minimum atomic E-state index is 0.727. The van der Waals surface area contributed by atoms with Crippen molar-refractivity contribution in [2.24, 2.45) is 0 Å². The Morgan fingerprint density at radius 3 is 2.95 bits per heavy atom. The van der Waals surface area contributed by atoms with Gasteiger partial charge in [-0.2, -0.15) is 0 Å². The van der Waals surface area contributed by atoms with Gasteiger partial charge in [-0.3, -0.25) is 0 Å². The first-order valence-corrected chi connectivity index (χ1v) is 7.76. The van der Waals surface area contributed by atoms with Crippen LogP contribution in [0.4, 0.5) is 0 Å². The fourth-order valence-corrected chi connectivity index (χ4v) is 2.74. The summed E-state index contributed by atoms with van der Waals surface area (Å²) in [4.78, 5) is 5.70. The molecule has 2 aromatic rings. The summed E-state index contributed by atoms with van der Waals surface area (Å²) in [5, 5.41) is 3.32. The van der Waals surface area contributed by atoms with Crippen LogP contribution in [0.25, 0.3) is 0 Å². The topological polar surface area (TPSA) is 39.1 Å². The Balaban J connectivity index is 1.74. The number of hydrogen-bond acceptors (Lipinski definition) is 4. The second-order valence-electron chi connectivity index (χ2n) is 4.37. The fraction of sp³-hybridized carbons (Fsp3) is 0.400. The highest BCUT2D eigenvalue weighted by molar-refractivity contribution is 7.99. The molecule has 0 fully saturated rings. The molecule has 1 aromatic carbocycles. The van der Waals surface area contributed by atoms with Crippen molar-refractivity contribution in [1.82, 2.24) is 14.9 Å². The predicted molar refractivity (Wildman–Crippen MR) is 83.0 cm³/mol. The number of nitrogens with one attached hydrogen (secondary N) is 1. The second-order valence-corrected chi connectivity index (χ2v) is 5.54. The van der Waals surface area contributed by atoms with Crippen molar-refractivity contribution in [2.75, 3.05) is 26.0 Å². The Morgan fingerprint density at radius 1 is 1.30 bits per heavy atom. The number of ether oxygens (including phenoxy) is 1. The van der Waals surface area contributed by atoms with E-state index in [0.717, 1.165) is 37.8 Å². The number of aromatic nitrogens is 2. The van der Waals surface area contributed by atoms with Gasteiger partial charge in [-0.05, 0) is 12.1 Å². The van der Waals surface area contributed by atoms with Crippen LogP contribution in [0.2, 0.25) is 0 Å². The summed E-state index contributed by atoms with van der Waals surface area (Å²) in [6.45, 7) is 3.33. The number of aryl methyl sites for hydroxylation is 1. The lowest BCUT2D eigenvalue weighted by Gasteiger charge is -2.08. The van der Waals surface area contributed by atoms with Crippen LogP contribution in [-0.2, 0) is 17.8 Å². The van der Waals surface area contributed by atoms with Crippen LogP contribution in [0.3, 0.4) is 0 Å². The minimum Gasteiger partial charge on any atom is -0.383 e. The summed E-state index contributed by atoms with van der Waals surface area (Å²) in [7, 11) is 1.71. The van der Waals surface area contributed by atoms with Crippen LogP contribution in [0.1, 0.15) is 5.82 Å². The first kappa shape index (κ1) is 15.1. The lowest BCUT2D eigenvalue weighted by molar-refractivity contribution is 0.199. The molecular formula is C15H21N3OS. The van der Waals surface area contributed by atoms with Gasteiger partial charge in [0.05, 0.1) is 13.2 Å². The molecule has 0 aliphatic carbocycles. The largest absolute Gasteiger partial charge is 0.383 e. The Kier molecular flexibility index (Phi) is 6.63. The smallest absolute Gasteiger partial charge is 0.122 e. The first-order chi connectivity index (χ1) is 9.90. The average Bonchev–Trinajstić information content (AvgIpc) is 2.92. The van der Waals surface area contributed by atoms with Gasteiger partial charge in [0.1, 0.15) is 5.82 Å². The van der Waals surface area contributed by atoms with Gasteiger partial charge in [-0.25, -0.2) is 4.98 Å². The third-order valence-electron chi connectivity index (χ3n) is 2.91. The predicted octanol–water partition coefficient (Wildman–Crippen LogP) is 2.41. The van der Waals surface area contributed by atoms with E-state index in [0.29, 0.717) is 0 Å². The van der Waals surface area contributed by atoms with Crippen LogP contribution >= 0.6 is 11.8 Å². The lowest BCUT2D eigenvalue weighted by Crippen LogP contribution is -2.21. The van der Waals surface area contributed by atoms with Crippen molar-refractivity contribution >= 4 is 11.8 Å². The number of imidazole rings is 1. The monoisotopic (exact) mass is 291 g/mol. The molecule has 1 aromatic heterocycles. The molecule has 1 N–H and O–H groups in total. The van der Waals surface area contributed by atoms with E-state index >= 15 is 0 Å². The van der Waals surface area contributed by atoms with E-state index in [9.17, 15) is 0 Å². The highest BCUT2D eigenvalue weighted by Gasteiger charge is 2.02. The van der Waals surface area contributed by atoms with Gasteiger partial charge in [0.15, 0.2) is 0 Å². The van der Waals surface area contributed by atoms with Gasteiger partial charge in [0.2, 0.25) is 0 Å². The molecule has 0 aliphatic heterocycles. The molecule has 0 saturated heterocycles. The van der Waals surface area contributed by atoms with E-state index in [4.69, 9.17) is 4.74 Å². The molecule has 0 amide bonds. The number of hydrogen-bond donors (Lipinski definition) is 1. The number of thioether (sulfide) groups is 1. The average molecular weight is 291 g/mol. The van der Waals surface area contributed by atoms with Gasteiger partial charge in [-0.1, -0.05) is 18.2 Å². The quantitative estimate of drug-likeness (QED) is 0.569. The summed E-state index contributed by atoms with van der Waals surface area (Å²) in [6.07, 6.45) is 3.90. The van der Waals surface area contributed by atoms with Crippen molar-refractivity contribution in [3.05, 3.63) is 48.5 Å². The van der Waals surface area contributed by atoms with E-state index in [1.807, 2.05) is 30.2 Å². The molecule has 0 bridgehead atoms. The number of benzene rings is 1. The third-order valence-corrected chi connectivity index (χ3v) is 3.90. The number of methoxy groups -OCH3 is 1. The molecule has 108 valence electrons. The van der Waals surface area contributed by atoms with Crippen molar-refractivity contribution in [3.8, 4) is 0 Å². The normalized spacial score (nSPS) is 10.8. The lowest BCUT2D eigenvalue weighted by atomic mass is 10.4. The van der Waals surface area contributed by atoms with Crippen LogP contribution in [0.15, 0.2) is 47.6 Å². The zero-order chi connectivity index (χ0) is 14.0. The highest BCUT2D eigenvalue weighted by atomic mass is 32.2. The molecule has 0 saturated carbocycles. The van der Waals surface area contributed by atoms with Gasteiger partial charge in [-0.15, -0.1) is 11.8 Å². The summed E-state index contributed by atoms with van der Waals surface area (Å²) < 4.78 is 7.22. The second kappa shape index (κ2) is 8.79. The minimum absolute atomic E-state index is 0.727. The molecule has 20 heavy (non-hydrogen) atoms. The van der Waals surface area contributed by atoms with Crippen LogP contribution in [-0.4, -0.2) is 35.6 Å². The van der Waals surface area contributed by atoms with E-state index in [1.165, 1.54) is 4.90 Å². The maximum absolute atomic E-state index is 5.01. The van der Waals surface area contributed by atoms with Gasteiger partial charge >= 0.3 is 0 Å².